The molecule has 18 heavy (non-hydrogen) atoms. The van der Waals surface area contributed by atoms with E-state index < -0.39 is 6.04 Å². The largest absolute Gasteiger partial charge is 0.381 e. The van der Waals surface area contributed by atoms with Crippen molar-refractivity contribution in [3.63, 3.8) is 0 Å². The van der Waals surface area contributed by atoms with E-state index in [2.05, 4.69) is 30.2 Å². The lowest BCUT2D eigenvalue weighted by Crippen LogP contribution is -2.50. The number of rotatable bonds is 5. The van der Waals surface area contributed by atoms with Gasteiger partial charge < -0.3 is 15.4 Å². The molecule has 0 bridgehead atoms. The average molecular weight is 274 g/mol. The Morgan fingerprint density at radius 3 is 2.50 bits per heavy atom. The zero-order valence-electron chi connectivity index (χ0n) is 11.0. The van der Waals surface area contributed by atoms with Crippen molar-refractivity contribution in [2.24, 2.45) is 5.41 Å². The highest BCUT2D eigenvalue weighted by atomic mass is 32.1. The second-order valence-electron chi connectivity index (χ2n) is 5.08. The van der Waals surface area contributed by atoms with Gasteiger partial charge in [0.1, 0.15) is 6.04 Å². The summed E-state index contributed by atoms with van der Waals surface area (Å²) < 4.78 is 5.31. The van der Waals surface area contributed by atoms with E-state index in [1.807, 2.05) is 0 Å². The molecule has 1 aliphatic heterocycles. The predicted molar refractivity (Wildman–Crippen MR) is 72.6 cm³/mol. The second kappa shape index (κ2) is 6.99. The number of carbonyl (C=O) groups is 2. The van der Waals surface area contributed by atoms with Gasteiger partial charge in [-0.1, -0.05) is 6.92 Å². The molecular formula is C12H22N2O3S. The van der Waals surface area contributed by atoms with Crippen LogP contribution in [0, 0.1) is 5.41 Å². The van der Waals surface area contributed by atoms with Crippen LogP contribution in [0.25, 0.3) is 0 Å². The van der Waals surface area contributed by atoms with Gasteiger partial charge >= 0.3 is 0 Å². The summed E-state index contributed by atoms with van der Waals surface area (Å²) in [6.45, 7) is 5.63. The maximum absolute atomic E-state index is 11.9. The minimum Gasteiger partial charge on any atom is -0.381 e. The first-order chi connectivity index (χ1) is 8.47. The molecule has 5 nitrogen and oxygen atoms in total. The molecule has 1 fully saturated rings. The Hall–Kier alpha value is -0.750. The van der Waals surface area contributed by atoms with Crippen LogP contribution in [0.15, 0.2) is 0 Å². The van der Waals surface area contributed by atoms with Crippen LogP contribution in [-0.4, -0.2) is 43.4 Å². The fraction of sp³-hybridized carbons (Fsp3) is 0.833. The number of ether oxygens (including phenoxy) is 1. The van der Waals surface area contributed by atoms with Crippen LogP contribution in [0.4, 0.5) is 0 Å². The molecule has 0 saturated carbocycles. The lowest BCUT2D eigenvalue weighted by atomic mass is 9.82. The number of thiol groups is 1. The third-order valence-corrected chi connectivity index (χ3v) is 3.63. The topological polar surface area (TPSA) is 67.4 Å². The fourth-order valence-corrected chi connectivity index (χ4v) is 2.16. The summed E-state index contributed by atoms with van der Waals surface area (Å²) in [6, 6.07) is -0.561. The Labute approximate surface area is 113 Å². The Morgan fingerprint density at radius 1 is 1.39 bits per heavy atom. The molecule has 1 heterocycles. The van der Waals surface area contributed by atoms with Crippen molar-refractivity contribution in [3.05, 3.63) is 0 Å². The summed E-state index contributed by atoms with van der Waals surface area (Å²) in [5, 5.41) is 5.47. The molecule has 0 aliphatic carbocycles. The molecule has 1 saturated heterocycles. The standard InChI is InChI=1S/C12H22N2O3S/c1-9(15)14-10(7-18)11(16)13-8-12(2)3-5-17-6-4-12/h10,18H,3-8H2,1-2H3,(H,13,16)(H,14,15). The highest BCUT2D eigenvalue weighted by Crippen LogP contribution is 2.28. The van der Waals surface area contributed by atoms with E-state index in [0.29, 0.717) is 12.3 Å². The van der Waals surface area contributed by atoms with Crippen LogP contribution in [0.2, 0.25) is 0 Å². The van der Waals surface area contributed by atoms with Crippen LogP contribution in [-0.2, 0) is 14.3 Å². The van der Waals surface area contributed by atoms with Gasteiger partial charge in [0.25, 0.3) is 0 Å². The van der Waals surface area contributed by atoms with Gasteiger partial charge in [0.2, 0.25) is 11.8 Å². The van der Waals surface area contributed by atoms with Crippen LogP contribution >= 0.6 is 12.6 Å². The van der Waals surface area contributed by atoms with Crippen molar-refractivity contribution in [2.75, 3.05) is 25.5 Å². The molecule has 104 valence electrons. The van der Waals surface area contributed by atoms with Gasteiger partial charge in [-0.25, -0.2) is 0 Å². The van der Waals surface area contributed by atoms with E-state index in [1.165, 1.54) is 6.92 Å². The molecule has 1 rings (SSSR count). The maximum atomic E-state index is 11.9. The Bertz CT molecular complexity index is 304. The first-order valence-corrected chi connectivity index (χ1v) is 6.83. The molecule has 0 aromatic carbocycles. The third-order valence-electron chi connectivity index (χ3n) is 3.27. The summed E-state index contributed by atoms with van der Waals surface area (Å²) in [4.78, 5) is 22.8. The lowest BCUT2D eigenvalue weighted by molar-refractivity contribution is -0.128. The molecule has 0 aromatic heterocycles. The third kappa shape index (κ3) is 4.86. The Morgan fingerprint density at radius 2 is 2.00 bits per heavy atom. The zero-order chi connectivity index (χ0) is 13.6. The first-order valence-electron chi connectivity index (χ1n) is 6.20. The van der Waals surface area contributed by atoms with Crippen LogP contribution in [0.3, 0.4) is 0 Å². The quantitative estimate of drug-likeness (QED) is 0.634. The molecule has 1 aliphatic rings. The molecular weight excluding hydrogens is 252 g/mol. The number of carbonyl (C=O) groups excluding carboxylic acids is 2. The van der Waals surface area contributed by atoms with Crippen LogP contribution in [0.1, 0.15) is 26.7 Å². The first kappa shape index (κ1) is 15.3. The van der Waals surface area contributed by atoms with E-state index in [4.69, 9.17) is 4.74 Å². The molecule has 2 N–H and O–H groups in total. The van der Waals surface area contributed by atoms with Gasteiger partial charge in [0, 0.05) is 32.4 Å². The van der Waals surface area contributed by atoms with Crippen molar-refractivity contribution in [3.8, 4) is 0 Å². The Balaban J connectivity index is 2.40. The summed E-state index contributed by atoms with van der Waals surface area (Å²) in [5.41, 5.74) is 0.0886. The molecule has 6 heteroatoms. The summed E-state index contributed by atoms with van der Waals surface area (Å²) in [5.74, 6) is -0.0972. The van der Waals surface area contributed by atoms with Gasteiger partial charge in [-0.2, -0.15) is 12.6 Å². The average Bonchev–Trinajstić information content (AvgIpc) is 2.34. The highest BCUT2D eigenvalue weighted by molar-refractivity contribution is 7.80. The monoisotopic (exact) mass is 274 g/mol. The number of hydrogen-bond acceptors (Lipinski definition) is 4. The van der Waals surface area contributed by atoms with Crippen molar-refractivity contribution in [1.82, 2.24) is 10.6 Å². The van der Waals surface area contributed by atoms with E-state index in [1.54, 1.807) is 0 Å². The molecule has 2 amide bonds. The number of amides is 2. The molecule has 0 spiro atoms. The van der Waals surface area contributed by atoms with Gasteiger partial charge in [0.05, 0.1) is 0 Å². The lowest BCUT2D eigenvalue weighted by Gasteiger charge is -2.34. The predicted octanol–water partition coefficient (Wildman–Crippen LogP) is 0.354. The van der Waals surface area contributed by atoms with Crippen LogP contribution in [0.5, 0.6) is 0 Å². The van der Waals surface area contributed by atoms with Crippen molar-refractivity contribution in [2.45, 2.75) is 32.7 Å². The number of hydrogen-bond donors (Lipinski definition) is 3. The Kier molecular flexibility index (Phi) is 5.95. The summed E-state index contributed by atoms with van der Waals surface area (Å²) >= 11 is 4.07. The zero-order valence-corrected chi connectivity index (χ0v) is 11.9. The summed E-state index contributed by atoms with van der Waals surface area (Å²) in [6.07, 6.45) is 1.89. The minimum absolute atomic E-state index is 0.0886. The van der Waals surface area contributed by atoms with E-state index in [0.717, 1.165) is 26.1 Å². The molecule has 0 radical (unpaired) electrons. The van der Waals surface area contributed by atoms with E-state index in [9.17, 15) is 9.59 Å². The van der Waals surface area contributed by atoms with Gasteiger partial charge in [-0.15, -0.1) is 0 Å². The van der Waals surface area contributed by atoms with E-state index >= 15 is 0 Å². The highest BCUT2D eigenvalue weighted by Gasteiger charge is 2.28. The SMILES string of the molecule is CC(=O)NC(CS)C(=O)NCC1(C)CCOCC1. The number of nitrogens with one attached hydrogen (secondary N) is 2. The molecule has 0 aromatic rings. The van der Waals surface area contributed by atoms with Gasteiger partial charge in [-0.3, -0.25) is 9.59 Å². The van der Waals surface area contributed by atoms with Crippen molar-refractivity contribution >= 4 is 24.4 Å². The second-order valence-corrected chi connectivity index (χ2v) is 5.44. The maximum Gasteiger partial charge on any atom is 0.243 e. The van der Waals surface area contributed by atoms with Gasteiger partial charge in [-0.05, 0) is 18.3 Å². The fourth-order valence-electron chi connectivity index (χ4n) is 1.90. The minimum atomic E-state index is -0.561. The summed E-state index contributed by atoms with van der Waals surface area (Å²) in [7, 11) is 0. The normalized spacial score (nSPS) is 19.9. The smallest absolute Gasteiger partial charge is 0.243 e. The van der Waals surface area contributed by atoms with Crippen LogP contribution < -0.4 is 10.6 Å². The molecule has 1 atom stereocenters. The molecule has 1 unspecified atom stereocenters. The van der Waals surface area contributed by atoms with Crippen molar-refractivity contribution in [1.29, 1.82) is 0 Å². The van der Waals surface area contributed by atoms with Crippen molar-refractivity contribution < 1.29 is 14.3 Å². The van der Waals surface area contributed by atoms with E-state index in [-0.39, 0.29) is 17.2 Å². The van der Waals surface area contributed by atoms with Gasteiger partial charge in [0.15, 0.2) is 0 Å².